The second kappa shape index (κ2) is 5.41. The summed E-state index contributed by atoms with van der Waals surface area (Å²) in [5.41, 5.74) is 0.353. The zero-order valence-electron chi connectivity index (χ0n) is 11.9. The van der Waals surface area contributed by atoms with E-state index in [-0.39, 0.29) is 5.92 Å². The fraction of sp³-hybridized carbons (Fsp3) is 0.933. The van der Waals surface area contributed by atoms with Crippen LogP contribution in [0.15, 0.2) is 0 Å². The Morgan fingerprint density at radius 1 is 1.42 bits per heavy atom. The van der Waals surface area contributed by atoms with Crippen molar-refractivity contribution in [2.45, 2.75) is 45.1 Å². The van der Waals surface area contributed by atoms with Crippen LogP contribution in [0.2, 0.25) is 0 Å². The highest BCUT2D eigenvalue weighted by molar-refractivity contribution is 5.82. The maximum atomic E-state index is 12.3. The van der Waals surface area contributed by atoms with Gasteiger partial charge in [0.15, 0.2) is 0 Å². The molecule has 3 atom stereocenters. The van der Waals surface area contributed by atoms with Gasteiger partial charge in [0.1, 0.15) is 0 Å². The maximum absolute atomic E-state index is 12.3. The smallest absolute Gasteiger partial charge is 0.223 e. The molecule has 0 aromatic rings. The highest BCUT2D eigenvalue weighted by atomic mass is 16.5. The lowest BCUT2D eigenvalue weighted by atomic mass is 9.91. The van der Waals surface area contributed by atoms with Gasteiger partial charge in [0.2, 0.25) is 5.91 Å². The highest BCUT2D eigenvalue weighted by Gasteiger charge is 2.57. The summed E-state index contributed by atoms with van der Waals surface area (Å²) in [6.07, 6.45) is 5.97. The van der Waals surface area contributed by atoms with Gasteiger partial charge in [0, 0.05) is 25.0 Å². The summed E-state index contributed by atoms with van der Waals surface area (Å²) in [6, 6.07) is 0. The van der Waals surface area contributed by atoms with Gasteiger partial charge in [0.05, 0.1) is 6.10 Å². The van der Waals surface area contributed by atoms with Gasteiger partial charge >= 0.3 is 0 Å². The van der Waals surface area contributed by atoms with E-state index in [2.05, 4.69) is 17.6 Å². The van der Waals surface area contributed by atoms with Gasteiger partial charge in [-0.05, 0) is 50.6 Å². The molecule has 1 spiro atoms. The Kier molecular flexibility index (Phi) is 3.81. The Labute approximate surface area is 115 Å². The van der Waals surface area contributed by atoms with Crippen LogP contribution < -0.4 is 10.6 Å². The van der Waals surface area contributed by atoms with Crippen LogP contribution in [0.5, 0.6) is 0 Å². The molecule has 0 radical (unpaired) electrons. The third-order valence-electron chi connectivity index (χ3n) is 5.39. The predicted molar refractivity (Wildman–Crippen MR) is 73.8 cm³/mol. The number of carbonyl (C=O) groups excluding carboxylic acids is 1. The molecule has 4 nitrogen and oxygen atoms in total. The lowest BCUT2D eigenvalue weighted by Gasteiger charge is -2.23. The molecule has 0 bridgehead atoms. The van der Waals surface area contributed by atoms with Gasteiger partial charge in [-0.2, -0.15) is 0 Å². The quantitative estimate of drug-likeness (QED) is 0.806. The zero-order chi connectivity index (χ0) is 13.3. The molecule has 2 aliphatic heterocycles. The van der Waals surface area contributed by atoms with Crippen molar-refractivity contribution in [3.63, 3.8) is 0 Å². The summed E-state index contributed by atoms with van der Waals surface area (Å²) in [5.74, 6) is 1.11. The van der Waals surface area contributed by atoms with E-state index in [1.54, 1.807) is 0 Å². The van der Waals surface area contributed by atoms with Crippen molar-refractivity contribution >= 4 is 5.91 Å². The number of ether oxygens (including phenoxy) is 1. The topological polar surface area (TPSA) is 50.4 Å². The van der Waals surface area contributed by atoms with Gasteiger partial charge in [-0.3, -0.25) is 4.79 Å². The molecule has 3 aliphatic rings. The first-order valence-corrected chi connectivity index (χ1v) is 7.85. The summed E-state index contributed by atoms with van der Waals surface area (Å²) in [5, 5.41) is 6.56. The van der Waals surface area contributed by atoms with E-state index in [1.165, 1.54) is 12.8 Å². The van der Waals surface area contributed by atoms with E-state index in [0.29, 0.717) is 23.3 Å². The maximum Gasteiger partial charge on any atom is 0.223 e. The number of nitrogens with one attached hydrogen (secondary N) is 2. The molecular formula is C15H26N2O2. The number of hydrogen-bond donors (Lipinski definition) is 2. The van der Waals surface area contributed by atoms with Gasteiger partial charge in [0.25, 0.3) is 0 Å². The van der Waals surface area contributed by atoms with Crippen molar-refractivity contribution in [3.8, 4) is 0 Å². The molecule has 2 N–H and O–H groups in total. The monoisotopic (exact) mass is 266 g/mol. The van der Waals surface area contributed by atoms with Crippen LogP contribution in [0.4, 0.5) is 0 Å². The SMILES string of the molecule is CCC1OCCC1CNC(=O)C1CC12CCNCC2. The van der Waals surface area contributed by atoms with Crippen LogP contribution in [0, 0.1) is 17.3 Å². The normalized spacial score (nSPS) is 36.4. The fourth-order valence-corrected chi connectivity index (χ4v) is 3.93. The minimum absolute atomic E-state index is 0.289. The van der Waals surface area contributed by atoms with Gasteiger partial charge < -0.3 is 15.4 Å². The number of amides is 1. The zero-order valence-corrected chi connectivity index (χ0v) is 11.9. The Bertz CT molecular complexity index is 339. The lowest BCUT2D eigenvalue weighted by molar-refractivity contribution is -0.123. The first-order valence-electron chi connectivity index (χ1n) is 7.85. The highest BCUT2D eigenvalue weighted by Crippen LogP contribution is 2.58. The van der Waals surface area contributed by atoms with E-state index in [9.17, 15) is 4.79 Å². The van der Waals surface area contributed by atoms with Gasteiger partial charge in [-0.25, -0.2) is 0 Å². The molecule has 1 aliphatic carbocycles. The second-order valence-electron chi connectivity index (χ2n) is 6.48. The van der Waals surface area contributed by atoms with Crippen LogP contribution >= 0.6 is 0 Å². The number of piperidine rings is 1. The van der Waals surface area contributed by atoms with E-state index in [0.717, 1.165) is 45.5 Å². The molecule has 4 heteroatoms. The molecule has 108 valence electrons. The average molecular weight is 266 g/mol. The summed E-state index contributed by atoms with van der Waals surface area (Å²) in [6.45, 7) is 5.99. The molecule has 0 aromatic heterocycles. The second-order valence-corrected chi connectivity index (χ2v) is 6.48. The van der Waals surface area contributed by atoms with Crippen LogP contribution in [-0.4, -0.2) is 38.3 Å². The summed E-state index contributed by atoms with van der Waals surface area (Å²) in [4.78, 5) is 12.3. The van der Waals surface area contributed by atoms with Crippen molar-refractivity contribution in [3.05, 3.63) is 0 Å². The third-order valence-corrected chi connectivity index (χ3v) is 5.39. The van der Waals surface area contributed by atoms with Gasteiger partial charge in [-0.1, -0.05) is 6.92 Å². The molecular weight excluding hydrogens is 240 g/mol. The molecule has 3 fully saturated rings. The molecule has 0 aromatic carbocycles. The Hall–Kier alpha value is -0.610. The minimum Gasteiger partial charge on any atom is -0.378 e. The van der Waals surface area contributed by atoms with E-state index >= 15 is 0 Å². The third kappa shape index (κ3) is 2.65. The van der Waals surface area contributed by atoms with Crippen molar-refractivity contribution in [1.82, 2.24) is 10.6 Å². The Balaban J connectivity index is 1.45. The summed E-state index contributed by atoms with van der Waals surface area (Å²) < 4.78 is 5.67. The van der Waals surface area contributed by atoms with Crippen molar-refractivity contribution in [2.24, 2.45) is 17.3 Å². The Morgan fingerprint density at radius 2 is 2.21 bits per heavy atom. The standard InChI is InChI=1S/C15H26N2O2/c1-2-13-11(3-8-19-13)10-17-14(18)12-9-15(12)4-6-16-7-5-15/h11-13,16H,2-10H2,1H3,(H,17,18). The van der Waals surface area contributed by atoms with Crippen molar-refractivity contribution < 1.29 is 9.53 Å². The van der Waals surface area contributed by atoms with Crippen molar-refractivity contribution in [2.75, 3.05) is 26.2 Å². The summed E-state index contributed by atoms with van der Waals surface area (Å²) in [7, 11) is 0. The van der Waals surface area contributed by atoms with E-state index in [1.807, 2.05) is 0 Å². The first-order chi connectivity index (χ1) is 9.25. The number of hydrogen-bond acceptors (Lipinski definition) is 3. The molecule has 1 amide bonds. The minimum atomic E-state index is 0.289. The Morgan fingerprint density at radius 3 is 2.95 bits per heavy atom. The van der Waals surface area contributed by atoms with E-state index in [4.69, 9.17) is 4.74 Å². The van der Waals surface area contributed by atoms with Crippen LogP contribution in [0.3, 0.4) is 0 Å². The molecule has 1 saturated carbocycles. The first kappa shape index (κ1) is 13.4. The average Bonchev–Trinajstić information content (AvgIpc) is 2.94. The fourth-order valence-electron chi connectivity index (χ4n) is 3.93. The van der Waals surface area contributed by atoms with Crippen LogP contribution in [0.25, 0.3) is 0 Å². The van der Waals surface area contributed by atoms with E-state index < -0.39 is 0 Å². The predicted octanol–water partition coefficient (Wildman–Crippen LogP) is 1.31. The summed E-state index contributed by atoms with van der Waals surface area (Å²) >= 11 is 0. The number of rotatable bonds is 4. The molecule has 3 unspecified atom stereocenters. The largest absolute Gasteiger partial charge is 0.378 e. The molecule has 19 heavy (non-hydrogen) atoms. The molecule has 3 rings (SSSR count). The number of carbonyl (C=O) groups is 1. The van der Waals surface area contributed by atoms with Crippen molar-refractivity contribution in [1.29, 1.82) is 0 Å². The molecule has 2 heterocycles. The van der Waals surface area contributed by atoms with Gasteiger partial charge in [-0.15, -0.1) is 0 Å². The lowest BCUT2D eigenvalue weighted by Crippen LogP contribution is -2.36. The van der Waals surface area contributed by atoms with Crippen LogP contribution in [0.1, 0.15) is 39.0 Å². The van der Waals surface area contributed by atoms with Crippen LogP contribution in [-0.2, 0) is 9.53 Å². The molecule has 2 saturated heterocycles.